The van der Waals surface area contributed by atoms with E-state index >= 15 is 0 Å². The van der Waals surface area contributed by atoms with Crippen molar-refractivity contribution in [3.63, 3.8) is 0 Å². The van der Waals surface area contributed by atoms with E-state index in [1.165, 1.54) is 0 Å². The molecular formula is C11F23I. The molecule has 0 fully saturated rings. The van der Waals surface area contributed by atoms with Crippen molar-refractivity contribution in [3.8, 4) is 0 Å². The van der Waals surface area contributed by atoms with E-state index in [1.807, 2.05) is 0 Å². The average molecular weight is 696 g/mol. The zero-order valence-corrected chi connectivity index (χ0v) is 16.7. The summed E-state index contributed by atoms with van der Waals surface area (Å²) >= 11 is -1.42. The molecule has 1 atom stereocenters. The van der Waals surface area contributed by atoms with Crippen LogP contribution in [0.5, 0.6) is 0 Å². The van der Waals surface area contributed by atoms with E-state index in [0.717, 1.165) is 0 Å². The number of hydrogen-bond acceptors (Lipinski definition) is 0. The molecule has 0 spiro atoms. The predicted molar refractivity (Wildman–Crippen MR) is 69.5 cm³/mol. The molecule has 0 aromatic carbocycles. The average Bonchev–Trinajstić information content (AvgIpc) is 2.56. The summed E-state index contributed by atoms with van der Waals surface area (Å²) in [6.45, 7) is 0. The minimum atomic E-state index is -9.37. The van der Waals surface area contributed by atoms with Crippen molar-refractivity contribution >= 4 is 22.6 Å². The molecule has 0 saturated heterocycles. The quantitative estimate of drug-likeness (QED) is 0.136. The number of rotatable bonds is 8. The van der Waals surface area contributed by atoms with Gasteiger partial charge in [0.2, 0.25) is 0 Å². The van der Waals surface area contributed by atoms with Crippen LogP contribution in [0.4, 0.5) is 101 Å². The summed E-state index contributed by atoms with van der Waals surface area (Å²) in [7, 11) is 0. The third kappa shape index (κ3) is 4.04. The van der Waals surface area contributed by atoms with Crippen LogP contribution in [-0.4, -0.2) is 63.4 Å². The van der Waals surface area contributed by atoms with Gasteiger partial charge in [0.05, 0.1) is 0 Å². The van der Waals surface area contributed by atoms with Crippen LogP contribution in [0.15, 0.2) is 0 Å². The van der Waals surface area contributed by atoms with Crippen molar-refractivity contribution in [2.24, 2.45) is 0 Å². The maximum absolute atomic E-state index is 13.6. The highest BCUT2D eigenvalue weighted by molar-refractivity contribution is 14.1. The van der Waals surface area contributed by atoms with Crippen LogP contribution >= 0.6 is 22.6 Å². The maximum Gasteiger partial charge on any atom is 0.460 e. The Hall–Kier alpha value is -0.880. The van der Waals surface area contributed by atoms with Gasteiger partial charge in [0, 0.05) is 22.6 Å². The highest BCUT2D eigenvalue weighted by Crippen LogP contribution is 2.68. The molecule has 0 amide bonds. The summed E-state index contributed by atoms with van der Waals surface area (Å²) in [4.78, 5) is 0. The third-order valence-corrected chi connectivity index (χ3v) is 4.68. The molecule has 0 aliphatic carbocycles. The van der Waals surface area contributed by atoms with Gasteiger partial charge in [-0.2, -0.15) is 96.6 Å². The Morgan fingerprint density at radius 1 is 0.257 bits per heavy atom. The number of alkyl halides is 24. The van der Waals surface area contributed by atoms with Gasteiger partial charge in [-0.15, -0.1) is 0 Å². The summed E-state index contributed by atoms with van der Waals surface area (Å²) in [6, 6.07) is 0. The van der Waals surface area contributed by atoms with Crippen LogP contribution in [0.25, 0.3) is 0 Å². The van der Waals surface area contributed by atoms with Crippen LogP contribution in [0.2, 0.25) is 0 Å². The van der Waals surface area contributed by atoms with Gasteiger partial charge >= 0.3 is 63.4 Å². The van der Waals surface area contributed by atoms with Crippen molar-refractivity contribution < 1.29 is 101 Å². The zero-order valence-electron chi connectivity index (χ0n) is 14.6. The third-order valence-electron chi connectivity index (χ3n) is 3.94. The van der Waals surface area contributed by atoms with Crippen molar-refractivity contribution in [2.45, 2.75) is 63.4 Å². The summed E-state index contributed by atoms with van der Waals surface area (Å²) < 4.78 is 290. The topological polar surface area (TPSA) is 0 Å². The fourth-order valence-corrected chi connectivity index (χ4v) is 2.54. The molecule has 0 radical (unpaired) electrons. The molecule has 0 aliphatic heterocycles. The smallest absolute Gasteiger partial charge is 0.219 e. The lowest BCUT2D eigenvalue weighted by Gasteiger charge is -2.46. The van der Waals surface area contributed by atoms with Gasteiger partial charge in [-0.25, -0.2) is 4.39 Å². The lowest BCUT2D eigenvalue weighted by atomic mass is 9.83. The molecule has 0 nitrogen and oxygen atoms in total. The van der Waals surface area contributed by atoms with Gasteiger partial charge in [0.1, 0.15) is 0 Å². The van der Waals surface area contributed by atoms with Gasteiger partial charge < -0.3 is 0 Å². The van der Waals surface area contributed by atoms with Gasteiger partial charge in [-0.1, -0.05) is 0 Å². The predicted octanol–water partition coefficient (Wildman–Crippen LogP) is 8.29. The lowest BCUT2D eigenvalue weighted by molar-refractivity contribution is -0.475. The standard InChI is InChI=1S/C11F23I/c12-1(9(27,28)29,11(33,34)35)2(13,14)3(15,16)4(17,18)5(19,20)6(21,22)7(23,24)8(25,26)10(30,31)32. The Morgan fingerprint density at radius 2 is 0.457 bits per heavy atom. The van der Waals surface area contributed by atoms with Crippen molar-refractivity contribution in [2.75, 3.05) is 0 Å². The Bertz CT molecular complexity index is 763. The fraction of sp³-hybridized carbons (Fsp3) is 1.00. The second-order valence-corrected chi connectivity index (χ2v) is 7.53. The fourth-order valence-electron chi connectivity index (χ4n) is 1.90. The first-order valence-electron chi connectivity index (χ1n) is 7.04. The van der Waals surface area contributed by atoms with Crippen LogP contribution in [0.1, 0.15) is 0 Å². The zero-order chi connectivity index (χ0) is 29.5. The highest BCUT2D eigenvalue weighted by Gasteiger charge is 2.99. The molecule has 0 heterocycles. The van der Waals surface area contributed by atoms with E-state index in [0.29, 0.717) is 0 Å². The highest BCUT2D eigenvalue weighted by atomic mass is 127. The second kappa shape index (κ2) is 8.06. The van der Waals surface area contributed by atoms with Crippen LogP contribution in [0, 0.1) is 0 Å². The lowest BCUT2D eigenvalue weighted by Crippen LogP contribution is -2.78. The summed E-state index contributed by atoms with van der Waals surface area (Å²) in [5.74, 6) is -63.8. The molecule has 212 valence electrons. The molecular weight excluding hydrogens is 696 g/mol. The van der Waals surface area contributed by atoms with E-state index < -0.39 is 86.0 Å². The molecule has 24 heteroatoms. The van der Waals surface area contributed by atoms with Crippen molar-refractivity contribution in [1.29, 1.82) is 0 Å². The Labute approximate surface area is 187 Å². The molecule has 0 aromatic rings. The SMILES string of the molecule is FC(F)(F)C(F)(F)C(F)(F)C(F)(F)C(F)(F)C(F)(F)C(F)(F)C(F)(F)C(F)(C(F)(F)F)C(F)(F)I. The minimum absolute atomic E-state index is 1.42. The Kier molecular flexibility index (Phi) is 7.86. The van der Waals surface area contributed by atoms with E-state index in [4.69, 9.17) is 0 Å². The molecule has 0 N–H and O–H groups in total. The molecule has 0 saturated carbocycles. The summed E-state index contributed by atoms with van der Waals surface area (Å²) in [5, 5.41) is 0. The molecule has 0 aliphatic rings. The second-order valence-electron chi connectivity index (χ2n) is 6.17. The monoisotopic (exact) mass is 696 g/mol. The first kappa shape index (κ1) is 34.1. The Balaban J connectivity index is 7.32. The van der Waals surface area contributed by atoms with Crippen LogP contribution in [0.3, 0.4) is 0 Å². The molecule has 0 rings (SSSR count). The Morgan fingerprint density at radius 3 is 0.629 bits per heavy atom. The van der Waals surface area contributed by atoms with Crippen molar-refractivity contribution in [1.82, 2.24) is 0 Å². The molecule has 35 heavy (non-hydrogen) atoms. The first-order valence-corrected chi connectivity index (χ1v) is 8.11. The molecule has 0 aromatic heterocycles. The number of hydrogen-bond donors (Lipinski definition) is 0. The summed E-state index contributed by atoms with van der Waals surface area (Å²) in [6.07, 6.45) is -16.3. The van der Waals surface area contributed by atoms with Gasteiger partial charge in [0.25, 0.3) is 0 Å². The minimum Gasteiger partial charge on any atom is -0.219 e. The number of halogens is 24. The normalized spacial score (nSPS) is 18.5. The van der Waals surface area contributed by atoms with Gasteiger partial charge in [-0.3, -0.25) is 0 Å². The van der Waals surface area contributed by atoms with Crippen LogP contribution in [-0.2, 0) is 0 Å². The molecule has 0 bridgehead atoms. The maximum atomic E-state index is 13.6. The van der Waals surface area contributed by atoms with Gasteiger partial charge in [0.15, 0.2) is 0 Å². The van der Waals surface area contributed by atoms with Crippen LogP contribution < -0.4 is 0 Å². The van der Waals surface area contributed by atoms with Gasteiger partial charge in [-0.05, 0) is 0 Å². The molecule has 1 unspecified atom stereocenters. The van der Waals surface area contributed by atoms with E-state index in [9.17, 15) is 101 Å². The largest absolute Gasteiger partial charge is 0.460 e. The first-order chi connectivity index (χ1) is 14.5. The van der Waals surface area contributed by atoms with E-state index in [-0.39, 0.29) is 0 Å². The van der Waals surface area contributed by atoms with Crippen molar-refractivity contribution in [3.05, 3.63) is 0 Å². The van der Waals surface area contributed by atoms with E-state index in [2.05, 4.69) is 0 Å². The summed E-state index contributed by atoms with van der Waals surface area (Å²) in [5.41, 5.74) is -8.40. The van der Waals surface area contributed by atoms with E-state index in [1.54, 1.807) is 0 Å².